The molecule has 3 aromatic rings. The molecule has 1 heterocycles. The highest BCUT2D eigenvalue weighted by Crippen LogP contribution is 2.26. The molecule has 0 N–H and O–H groups in total. The van der Waals surface area contributed by atoms with Gasteiger partial charge in [-0.1, -0.05) is 29.8 Å². The van der Waals surface area contributed by atoms with Crippen LogP contribution in [0.15, 0.2) is 48.5 Å². The van der Waals surface area contributed by atoms with Crippen molar-refractivity contribution >= 4 is 28.2 Å². The van der Waals surface area contributed by atoms with Gasteiger partial charge in [0.25, 0.3) is 5.69 Å². The summed E-state index contributed by atoms with van der Waals surface area (Å²) in [5.41, 5.74) is 2.82. The smallest absolute Gasteiger partial charge is 0.274 e. The van der Waals surface area contributed by atoms with E-state index >= 15 is 0 Å². The lowest BCUT2D eigenvalue weighted by atomic mass is 10.1. The Kier molecular flexibility index (Phi) is 3.39. The molecule has 106 valence electrons. The Hall–Kier alpha value is -2.33. The number of halogens is 1. The molecular weight excluding hydrogens is 288 g/mol. The van der Waals surface area contributed by atoms with Crippen molar-refractivity contribution < 1.29 is 4.92 Å². The van der Waals surface area contributed by atoms with Crippen LogP contribution in [0.2, 0.25) is 5.02 Å². The maximum Gasteiger partial charge on any atom is 0.274 e. The Morgan fingerprint density at radius 2 is 1.95 bits per heavy atom. The van der Waals surface area contributed by atoms with Gasteiger partial charge >= 0.3 is 0 Å². The van der Waals surface area contributed by atoms with E-state index in [1.54, 1.807) is 12.1 Å². The lowest BCUT2D eigenvalue weighted by Gasteiger charge is -2.09. The first-order valence-corrected chi connectivity index (χ1v) is 6.92. The highest BCUT2D eigenvalue weighted by atomic mass is 35.5. The van der Waals surface area contributed by atoms with Crippen LogP contribution in [0.4, 0.5) is 5.69 Å². The summed E-state index contributed by atoms with van der Waals surface area (Å²) >= 11 is 5.99. The van der Waals surface area contributed by atoms with Crippen molar-refractivity contribution in [2.24, 2.45) is 0 Å². The molecule has 5 heteroatoms. The van der Waals surface area contributed by atoms with Crippen LogP contribution in [-0.4, -0.2) is 9.49 Å². The first kappa shape index (κ1) is 13.6. The number of nitro groups is 1. The molecule has 0 fully saturated rings. The molecule has 0 atom stereocenters. The first-order valence-electron chi connectivity index (χ1n) is 6.54. The highest BCUT2D eigenvalue weighted by molar-refractivity contribution is 6.30. The van der Waals surface area contributed by atoms with Gasteiger partial charge in [-0.15, -0.1) is 0 Å². The maximum atomic E-state index is 11.2. The van der Waals surface area contributed by atoms with Gasteiger partial charge in [-0.3, -0.25) is 10.1 Å². The Morgan fingerprint density at radius 3 is 2.71 bits per heavy atom. The zero-order valence-corrected chi connectivity index (χ0v) is 12.2. The second-order valence-corrected chi connectivity index (χ2v) is 5.40. The summed E-state index contributed by atoms with van der Waals surface area (Å²) in [5, 5.41) is 12.8. The molecule has 1 aromatic heterocycles. The predicted octanol–water partition coefficient (Wildman–Crippen LogP) is 4.56. The Labute approximate surface area is 126 Å². The number of aromatic nitrogens is 1. The normalized spacial score (nSPS) is 11.0. The van der Waals surface area contributed by atoms with E-state index in [4.69, 9.17) is 11.6 Å². The number of hydrogen-bond donors (Lipinski definition) is 0. The minimum absolute atomic E-state index is 0.0941. The first-order chi connectivity index (χ1) is 10.1. The minimum atomic E-state index is -0.368. The molecule has 2 aromatic carbocycles. The van der Waals surface area contributed by atoms with Crippen molar-refractivity contribution in [3.8, 4) is 0 Å². The van der Waals surface area contributed by atoms with Gasteiger partial charge in [-0.25, -0.2) is 0 Å². The van der Waals surface area contributed by atoms with E-state index in [9.17, 15) is 10.1 Å². The van der Waals surface area contributed by atoms with Gasteiger partial charge in [0, 0.05) is 22.3 Å². The number of benzene rings is 2. The van der Waals surface area contributed by atoms with Gasteiger partial charge in [0.05, 0.1) is 17.0 Å². The molecule has 0 spiro atoms. The van der Waals surface area contributed by atoms with Gasteiger partial charge in [0.1, 0.15) is 0 Å². The third-order valence-corrected chi connectivity index (χ3v) is 3.82. The fourth-order valence-corrected chi connectivity index (χ4v) is 2.78. The van der Waals surface area contributed by atoms with Crippen LogP contribution < -0.4 is 0 Å². The molecular formula is C16H13ClN2O2. The summed E-state index contributed by atoms with van der Waals surface area (Å²) in [6.07, 6.45) is 0. The molecule has 4 nitrogen and oxygen atoms in total. The van der Waals surface area contributed by atoms with Gasteiger partial charge in [-0.05, 0) is 36.6 Å². The number of para-hydroxylation sites is 1. The topological polar surface area (TPSA) is 48.1 Å². The molecule has 3 rings (SSSR count). The molecule has 0 saturated carbocycles. The second-order valence-electron chi connectivity index (χ2n) is 4.96. The van der Waals surface area contributed by atoms with Crippen molar-refractivity contribution in [3.05, 3.63) is 74.9 Å². The van der Waals surface area contributed by atoms with Crippen LogP contribution in [0.1, 0.15) is 11.3 Å². The summed E-state index contributed by atoms with van der Waals surface area (Å²) in [7, 11) is 0. The van der Waals surface area contributed by atoms with Crippen LogP contribution in [0, 0.1) is 17.0 Å². The highest BCUT2D eigenvalue weighted by Gasteiger charge is 2.16. The molecule has 0 unspecified atom stereocenters. The van der Waals surface area contributed by atoms with E-state index in [0.717, 1.165) is 16.6 Å². The monoisotopic (exact) mass is 300 g/mol. The van der Waals surface area contributed by atoms with Crippen molar-refractivity contribution in [2.75, 3.05) is 0 Å². The molecule has 0 aliphatic heterocycles. The number of aryl methyl sites for hydroxylation is 1. The van der Waals surface area contributed by atoms with E-state index in [2.05, 4.69) is 10.6 Å². The minimum Gasteiger partial charge on any atom is -0.340 e. The average molecular weight is 301 g/mol. The third-order valence-electron chi connectivity index (χ3n) is 3.58. The fourth-order valence-electron chi connectivity index (χ4n) is 2.59. The number of nitrogens with zero attached hydrogens (tertiary/aromatic N) is 2. The van der Waals surface area contributed by atoms with E-state index in [-0.39, 0.29) is 10.6 Å². The summed E-state index contributed by atoms with van der Waals surface area (Å²) < 4.78 is 2.06. The Balaban J connectivity index is 2.13. The Bertz CT molecular complexity index is 839. The van der Waals surface area contributed by atoms with Crippen LogP contribution in [0.3, 0.4) is 0 Å². The third kappa shape index (κ3) is 2.50. The number of fused-ring (bicyclic) bond motifs is 1. The summed E-state index contributed by atoms with van der Waals surface area (Å²) in [5.74, 6) is 0. The average Bonchev–Trinajstić information content (AvgIpc) is 2.75. The van der Waals surface area contributed by atoms with Crippen molar-refractivity contribution in [2.45, 2.75) is 13.5 Å². The fraction of sp³-hybridized carbons (Fsp3) is 0.125. The second kappa shape index (κ2) is 5.22. The zero-order valence-electron chi connectivity index (χ0n) is 11.4. The molecule has 0 amide bonds. The lowest BCUT2D eigenvalue weighted by molar-refractivity contribution is -0.385. The number of hydrogen-bond acceptors (Lipinski definition) is 2. The predicted molar refractivity (Wildman–Crippen MR) is 83.9 cm³/mol. The largest absolute Gasteiger partial charge is 0.340 e. The van der Waals surface area contributed by atoms with Gasteiger partial charge in [0.2, 0.25) is 0 Å². The molecule has 0 bridgehead atoms. The summed E-state index contributed by atoms with van der Waals surface area (Å²) in [4.78, 5) is 10.8. The molecule has 0 aliphatic rings. The number of nitro benzene ring substituents is 1. The van der Waals surface area contributed by atoms with Crippen LogP contribution >= 0.6 is 11.6 Å². The lowest BCUT2D eigenvalue weighted by Crippen LogP contribution is -2.04. The Morgan fingerprint density at radius 1 is 1.19 bits per heavy atom. The molecule has 0 saturated heterocycles. The van der Waals surface area contributed by atoms with Crippen LogP contribution in [-0.2, 0) is 6.54 Å². The van der Waals surface area contributed by atoms with Crippen molar-refractivity contribution in [3.63, 3.8) is 0 Å². The van der Waals surface area contributed by atoms with Crippen molar-refractivity contribution in [1.29, 1.82) is 0 Å². The number of rotatable bonds is 3. The summed E-state index contributed by atoms with van der Waals surface area (Å²) in [6, 6.07) is 14.7. The molecule has 0 aliphatic carbocycles. The standard InChI is InChI=1S/C16H13ClN2O2/c1-11-8-12-4-2-3-5-15(12)18(11)10-13-9-14(17)6-7-16(13)19(20)21/h2-9H,10H2,1H3. The van der Waals surface area contributed by atoms with Crippen LogP contribution in [0.5, 0.6) is 0 Å². The quantitative estimate of drug-likeness (QED) is 0.526. The van der Waals surface area contributed by atoms with E-state index in [1.807, 2.05) is 31.2 Å². The van der Waals surface area contributed by atoms with Gasteiger partial charge < -0.3 is 4.57 Å². The summed E-state index contributed by atoms with van der Waals surface area (Å²) in [6.45, 7) is 2.42. The van der Waals surface area contributed by atoms with Crippen LogP contribution in [0.25, 0.3) is 10.9 Å². The maximum absolute atomic E-state index is 11.2. The van der Waals surface area contributed by atoms with Crippen molar-refractivity contribution in [1.82, 2.24) is 4.57 Å². The zero-order chi connectivity index (χ0) is 15.0. The van der Waals surface area contributed by atoms with E-state index in [1.165, 1.54) is 6.07 Å². The molecule has 0 radical (unpaired) electrons. The SMILES string of the molecule is Cc1cc2ccccc2n1Cc1cc(Cl)ccc1[N+](=O)[O-]. The van der Waals surface area contributed by atoms with E-state index < -0.39 is 0 Å². The molecule has 21 heavy (non-hydrogen) atoms. The van der Waals surface area contributed by atoms with Gasteiger partial charge in [-0.2, -0.15) is 0 Å². The van der Waals surface area contributed by atoms with E-state index in [0.29, 0.717) is 17.1 Å². The van der Waals surface area contributed by atoms with Gasteiger partial charge in [0.15, 0.2) is 0 Å².